The number of benzene rings is 1. The van der Waals surface area contributed by atoms with E-state index in [2.05, 4.69) is 29.8 Å². The lowest BCUT2D eigenvalue weighted by Gasteiger charge is -2.13. The Morgan fingerprint density at radius 3 is 2.86 bits per heavy atom. The lowest BCUT2D eigenvalue weighted by Crippen LogP contribution is -2.31. The Balaban J connectivity index is 2.31. The van der Waals surface area contributed by atoms with Crippen LogP contribution in [-0.2, 0) is 4.74 Å². The number of amides is 2. The van der Waals surface area contributed by atoms with E-state index in [1.807, 2.05) is 31.3 Å². The van der Waals surface area contributed by atoms with Crippen LogP contribution in [0, 0.1) is 0 Å². The molecule has 0 spiro atoms. The molecule has 0 fully saturated rings. The zero-order valence-corrected chi connectivity index (χ0v) is 13.2. The van der Waals surface area contributed by atoms with Gasteiger partial charge in [0.2, 0.25) is 0 Å². The average molecular weight is 293 g/mol. The zero-order chi connectivity index (χ0) is 15.5. The highest BCUT2D eigenvalue weighted by atomic mass is 16.5. The molecule has 1 aromatic carbocycles. The van der Waals surface area contributed by atoms with Crippen LogP contribution in [0.1, 0.15) is 38.3 Å². The number of unbranched alkanes of at least 4 members (excludes halogenated alkanes) is 1. The number of ether oxygens (including phenoxy) is 1. The fraction of sp³-hybridized carbons (Fsp3) is 0.562. The minimum absolute atomic E-state index is 0.205. The van der Waals surface area contributed by atoms with Crippen molar-refractivity contribution in [2.45, 2.75) is 32.7 Å². The number of rotatable bonds is 9. The third-order valence-electron chi connectivity index (χ3n) is 3.25. The van der Waals surface area contributed by atoms with Crippen LogP contribution in [0.5, 0.6) is 0 Å². The van der Waals surface area contributed by atoms with Crippen LogP contribution in [0.25, 0.3) is 0 Å². The van der Waals surface area contributed by atoms with Gasteiger partial charge >= 0.3 is 6.03 Å². The van der Waals surface area contributed by atoms with Crippen molar-refractivity contribution in [3.8, 4) is 0 Å². The molecule has 5 nitrogen and oxygen atoms in total. The third-order valence-corrected chi connectivity index (χ3v) is 3.25. The van der Waals surface area contributed by atoms with Crippen LogP contribution in [0.3, 0.4) is 0 Å². The normalized spacial score (nSPS) is 12.0. The van der Waals surface area contributed by atoms with Gasteiger partial charge in [-0.3, -0.25) is 0 Å². The Morgan fingerprint density at radius 1 is 1.33 bits per heavy atom. The van der Waals surface area contributed by atoms with Crippen molar-refractivity contribution in [1.82, 2.24) is 10.6 Å². The molecule has 1 aromatic rings. The summed E-state index contributed by atoms with van der Waals surface area (Å²) >= 11 is 0. The average Bonchev–Trinajstić information content (AvgIpc) is 2.50. The predicted octanol–water partition coefficient (Wildman–Crippen LogP) is 2.91. The summed E-state index contributed by atoms with van der Waals surface area (Å²) < 4.78 is 5.39. The molecule has 1 atom stereocenters. The van der Waals surface area contributed by atoms with Crippen LogP contribution in [0.2, 0.25) is 0 Å². The molecular formula is C16H27N3O2. The molecule has 2 amide bonds. The second kappa shape index (κ2) is 10.2. The number of carbonyl (C=O) groups is 1. The van der Waals surface area contributed by atoms with Gasteiger partial charge in [-0.25, -0.2) is 4.79 Å². The molecular weight excluding hydrogens is 266 g/mol. The molecule has 21 heavy (non-hydrogen) atoms. The molecule has 5 heteroatoms. The van der Waals surface area contributed by atoms with Crippen molar-refractivity contribution in [3.63, 3.8) is 0 Å². The number of nitrogens with one attached hydrogen (secondary N) is 3. The van der Waals surface area contributed by atoms with E-state index in [4.69, 9.17) is 4.74 Å². The first-order valence-electron chi connectivity index (χ1n) is 7.57. The first kappa shape index (κ1) is 17.5. The lowest BCUT2D eigenvalue weighted by molar-refractivity contribution is 0.134. The van der Waals surface area contributed by atoms with Gasteiger partial charge in [0.25, 0.3) is 0 Å². The van der Waals surface area contributed by atoms with Gasteiger partial charge in [-0.1, -0.05) is 25.5 Å². The number of anilines is 1. The summed E-state index contributed by atoms with van der Waals surface area (Å²) in [6.45, 7) is 6.01. The predicted molar refractivity (Wildman–Crippen MR) is 86.7 cm³/mol. The molecule has 0 aliphatic rings. The van der Waals surface area contributed by atoms with Crippen molar-refractivity contribution in [3.05, 3.63) is 29.8 Å². The Labute approximate surface area is 127 Å². The van der Waals surface area contributed by atoms with Gasteiger partial charge in [-0.2, -0.15) is 0 Å². The maximum absolute atomic E-state index is 11.8. The molecule has 0 aromatic heterocycles. The lowest BCUT2D eigenvalue weighted by atomic mass is 10.1. The summed E-state index contributed by atoms with van der Waals surface area (Å²) in [7, 11) is 1.91. The van der Waals surface area contributed by atoms with Gasteiger partial charge in [0.05, 0.1) is 6.61 Å². The molecule has 118 valence electrons. The van der Waals surface area contributed by atoms with Crippen molar-refractivity contribution in [2.75, 3.05) is 32.1 Å². The minimum Gasteiger partial charge on any atom is -0.380 e. The van der Waals surface area contributed by atoms with E-state index in [0.29, 0.717) is 13.2 Å². The van der Waals surface area contributed by atoms with E-state index >= 15 is 0 Å². The Kier molecular flexibility index (Phi) is 8.47. The summed E-state index contributed by atoms with van der Waals surface area (Å²) in [5.41, 5.74) is 1.93. The largest absolute Gasteiger partial charge is 0.380 e. The molecule has 0 radical (unpaired) electrons. The van der Waals surface area contributed by atoms with E-state index in [9.17, 15) is 4.79 Å². The summed E-state index contributed by atoms with van der Waals surface area (Å²) in [6, 6.07) is 7.87. The van der Waals surface area contributed by atoms with Gasteiger partial charge in [0.15, 0.2) is 0 Å². The van der Waals surface area contributed by atoms with Gasteiger partial charge in [0.1, 0.15) is 0 Å². The topological polar surface area (TPSA) is 62.4 Å². The fourth-order valence-corrected chi connectivity index (χ4v) is 1.81. The van der Waals surface area contributed by atoms with Crippen molar-refractivity contribution >= 4 is 11.7 Å². The molecule has 3 N–H and O–H groups in total. The summed E-state index contributed by atoms with van der Waals surface area (Å²) in [5.74, 6) is 0. The van der Waals surface area contributed by atoms with Crippen LogP contribution >= 0.6 is 0 Å². The first-order valence-corrected chi connectivity index (χ1v) is 7.57. The summed E-state index contributed by atoms with van der Waals surface area (Å²) in [4.78, 5) is 11.8. The Hall–Kier alpha value is -1.59. The van der Waals surface area contributed by atoms with Crippen LogP contribution in [-0.4, -0.2) is 32.8 Å². The number of hydrogen-bond acceptors (Lipinski definition) is 3. The highest BCUT2D eigenvalue weighted by Gasteiger charge is 2.05. The Bertz CT molecular complexity index is 424. The van der Waals surface area contributed by atoms with E-state index in [0.717, 1.165) is 30.7 Å². The van der Waals surface area contributed by atoms with Crippen LogP contribution in [0.15, 0.2) is 24.3 Å². The van der Waals surface area contributed by atoms with E-state index in [1.165, 1.54) is 0 Å². The standard InChI is InChI=1S/C16H27N3O2/c1-4-5-10-21-11-9-18-16(20)19-15-8-6-7-14(12-15)13(2)17-3/h6-8,12-13,17H,4-5,9-11H2,1-3H3,(H2,18,19,20). The smallest absolute Gasteiger partial charge is 0.319 e. The second-order valence-electron chi connectivity index (χ2n) is 4.98. The van der Waals surface area contributed by atoms with Crippen molar-refractivity contribution < 1.29 is 9.53 Å². The third kappa shape index (κ3) is 7.11. The van der Waals surface area contributed by atoms with Crippen LogP contribution < -0.4 is 16.0 Å². The number of urea groups is 1. The van der Waals surface area contributed by atoms with E-state index < -0.39 is 0 Å². The molecule has 1 rings (SSSR count). The maximum Gasteiger partial charge on any atom is 0.319 e. The van der Waals surface area contributed by atoms with Crippen LogP contribution in [0.4, 0.5) is 10.5 Å². The molecule has 0 saturated heterocycles. The number of carbonyl (C=O) groups excluding carboxylic acids is 1. The minimum atomic E-state index is -0.205. The Morgan fingerprint density at radius 2 is 2.14 bits per heavy atom. The van der Waals surface area contributed by atoms with Crippen molar-refractivity contribution in [1.29, 1.82) is 0 Å². The second-order valence-corrected chi connectivity index (χ2v) is 4.98. The fourth-order valence-electron chi connectivity index (χ4n) is 1.81. The summed E-state index contributed by atoms with van der Waals surface area (Å²) in [5, 5.41) is 8.79. The molecule has 0 bridgehead atoms. The SMILES string of the molecule is CCCCOCCNC(=O)Nc1cccc(C(C)NC)c1. The molecule has 0 aliphatic carbocycles. The molecule has 1 unspecified atom stereocenters. The maximum atomic E-state index is 11.8. The van der Waals surface area contributed by atoms with Gasteiger partial charge in [-0.15, -0.1) is 0 Å². The quantitative estimate of drug-likeness (QED) is 0.613. The monoisotopic (exact) mass is 293 g/mol. The highest BCUT2D eigenvalue weighted by molar-refractivity contribution is 5.89. The van der Waals surface area contributed by atoms with Gasteiger partial charge in [0, 0.05) is 24.9 Å². The molecule has 0 aliphatic heterocycles. The van der Waals surface area contributed by atoms with Crippen molar-refractivity contribution in [2.24, 2.45) is 0 Å². The number of hydrogen-bond donors (Lipinski definition) is 3. The zero-order valence-electron chi connectivity index (χ0n) is 13.2. The summed E-state index contributed by atoms with van der Waals surface area (Å²) in [6.07, 6.45) is 2.18. The van der Waals surface area contributed by atoms with E-state index in [1.54, 1.807) is 0 Å². The van der Waals surface area contributed by atoms with E-state index in [-0.39, 0.29) is 12.1 Å². The van der Waals surface area contributed by atoms with Gasteiger partial charge < -0.3 is 20.7 Å². The van der Waals surface area contributed by atoms with Gasteiger partial charge in [-0.05, 0) is 38.1 Å². The molecule has 0 saturated carbocycles. The highest BCUT2D eigenvalue weighted by Crippen LogP contribution is 2.16. The first-order chi connectivity index (χ1) is 10.2. The molecule has 0 heterocycles.